The molecule has 0 aliphatic rings. The van der Waals surface area contributed by atoms with Gasteiger partial charge in [-0.2, -0.15) is 0 Å². The molecular formula is C15H15ClN2O3. The van der Waals surface area contributed by atoms with Crippen molar-refractivity contribution < 1.29 is 9.66 Å². The standard InChI is InChI=1S/C15H15ClN2O3/c1-17-9-11-6-7-14(18(19)20)15(8-11)21-10-12-4-2-3-5-13(12)16/h2-8,17H,9-10H2,1H3. The summed E-state index contributed by atoms with van der Waals surface area (Å²) in [4.78, 5) is 10.6. The molecule has 0 fully saturated rings. The number of rotatable bonds is 6. The molecule has 2 rings (SSSR count). The van der Waals surface area contributed by atoms with Gasteiger partial charge in [0.2, 0.25) is 0 Å². The molecule has 1 N–H and O–H groups in total. The first kappa shape index (κ1) is 15.3. The number of nitro groups is 1. The van der Waals surface area contributed by atoms with Crippen molar-refractivity contribution in [3.8, 4) is 5.75 Å². The topological polar surface area (TPSA) is 64.4 Å². The zero-order chi connectivity index (χ0) is 15.2. The Kier molecular flexibility index (Phi) is 5.14. The lowest BCUT2D eigenvalue weighted by molar-refractivity contribution is -0.386. The van der Waals surface area contributed by atoms with Crippen molar-refractivity contribution in [2.45, 2.75) is 13.2 Å². The second-order valence-electron chi connectivity index (χ2n) is 4.47. The number of ether oxygens (including phenoxy) is 1. The second-order valence-corrected chi connectivity index (χ2v) is 4.88. The molecule has 6 heteroatoms. The zero-order valence-electron chi connectivity index (χ0n) is 11.5. The average Bonchev–Trinajstić information content (AvgIpc) is 2.46. The summed E-state index contributed by atoms with van der Waals surface area (Å²) in [6.45, 7) is 0.796. The van der Waals surface area contributed by atoms with Crippen molar-refractivity contribution in [2.24, 2.45) is 0 Å². The SMILES string of the molecule is CNCc1ccc([N+](=O)[O-])c(OCc2ccccc2Cl)c1. The van der Waals surface area contributed by atoms with Crippen LogP contribution in [0.4, 0.5) is 5.69 Å². The van der Waals surface area contributed by atoms with Gasteiger partial charge in [-0.15, -0.1) is 0 Å². The Morgan fingerprint density at radius 3 is 2.71 bits per heavy atom. The molecule has 0 heterocycles. The lowest BCUT2D eigenvalue weighted by Gasteiger charge is -2.10. The van der Waals surface area contributed by atoms with E-state index in [1.807, 2.05) is 25.2 Å². The lowest BCUT2D eigenvalue weighted by atomic mass is 10.2. The third-order valence-electron chi connectivity index (χ3n) is 2.94. The molecule has 21 heavy (non-hydrogen) atoms. The average molecular weight is 307 g/mol. The third-order valence-corrected chi connectivity index (χ3v) is 3.31. The van der Waals surface area contributed by atoms with E-state index in [4.69, 9.17) is 16.3 Å². The van der Waals surface area contributed by atoms with Gasteiger partial charge in [0.05, 0.1) is 4.92 Å². The summed E-state index contributed by atoms with van der Waals surface area (Å²) in [6.07, 6.45) is 0. The normalized spacial score (nSPS) is 10.4. The molecular weight excluding hydrogens is 292 g/mol. The summed E-state index contributed by atoms with van der Waals surface area (Å²) in [5.74, 6) is 0.243. The number of nitrogens with one attached hydrogen (secondary N) is 1. The van der Waals surface area contributed by atoms with Crippen LogP contribution in [0.15, 0.2) is 42.5 Å². The summed E-state index contributed by atoms with van der Waals surface area (Å²) in [6, 6.07) is 12.1. The van der Waals surface area contributed by atoms with E-state index in [9.17, 15) is 10.1 Å². The molecule has 0 radical (unpaired) electrons. The highest BCUT2D eigenvalue weighted by Crippen LogP contribution is 2.29. The quantitative estimate of drug-likeness (QED) is 0.655. The van der Waals surface area contributed by atoms with Gasteiger partial charge in [-0.3, -0.25) is 10.1 Å². The lowest BCUT2D eigenvalue weighted by Crippen LogP contribution is -2.06. The fourth-order valence-corrected chi connectivity index (χ4v) is 2.10. The van der Waals surface area contributed by atoms with Crippen LogP contribution in [0.3, 0.4) is 0 Å². The van der Waals surface area contributed by atoms with E-state index in [1.165, 1.54) is 6.07 Å². The van der Waals surface area contributed by atoms with Crippen LogP contribution < -0.4 is 10.1 Å². The van der Waals surface area contributed by atoms with Gasteiger partial charge in [0.15, 0.2) is 5.75 Å². The van der Waals surface area contributed by atoms with Gasteiger partial charge >= 0.3 is 5.69 Å². The molecule has 110 valence electrons. The van der Waals surface area contributed by atoms with Crippen LogP contribution in [0.25, 0.3) is 0 Å². The Morgan fingerprint density at radius 2 is 2.05 bits per heavy atom. The van der Waals surface area contributed by atoms with Crippen molar-refractivity contribution in [1.82, 2.24) is 5.32 Å². The molecule has 0 spiro atoms. The molecule has 0 aliphatic carbocycles. The summed E-state index contributed by atoms with van der Waals surface area (Å²) in [7, 11) is 1.81. The van der Waals surface area contributed by atoms with E-state index >= 15 is 0 Å². The fraction of sp³-hybridized carbons (Fsp3) is 0.200. The Hall–Kier alpha value is -2.11. The van der Waals surface area contributed by atoms with Gasteiger partial charge < -0.3 is 10.1 Å². The minimum atomic E-state index is -0.453. The maximum Gasteiger partial charge on any atom is 0.310 e. The molecule has 0 atom stereocenters. The van der Waals surface area contributed by atoms with Crippen molar-refractivity contribution in [1.29, 1.82) is 0 Å². The Morgan fingerprint density at radius 1 is 1.29 bits per heavy atom. The van der Waals surface area contributed by atoms with Crippen molar-refractivity contribution >= 4 is 17.3 Å². The molecule has 0 unspecified atom stereocenters. The highest BCUT2D eigenvalue weighted by molar-refractivity contribution is 6.31. The van der Waals surface area contributed by atoms with Gasteiger partial charge in [-0.25, -0.2) is 0 Å². The summed E-state index contributed by atoms with van der Waals surface area (Å²) >= 11 is 6.05. The Balaban J connectivity index is 2.22. The number of halogens is 1. The van der Waals surface area contributed by atoms with Gasteiger partial charge in [0.1, 0.15) is 6.61 Å². The highest BCUT2D eigenvalue weighted by Gasteiger charge is 2.16. The maximum atomic E-state index is 11.1. The van der Waals surface area contributed by atoms with E-state index in [-0.39, 0.29) is 18.0 Å². The fourth-order valence-electron chi connectivity index (χ4n) is 1.91. The van der Waals surface area contributed by atoms with Crippen LogP contribution in [-0.4, -0.2) is 12.0 Å². The molecule has 0 aliphatic heterocycles. The van der Waals surface area contributed by atoms with Gasteiger partial charge in [-0.05, 0) is 24.7 Å². The van der Waals surface area contributed by atoms with Crippen LogP contribution in [0.2, 0.25) is 5.02 Å². The van der Waals surface area contributed by atoms with Crippen molar-refractivity contribution in [3.05, 3.63) is 68.7 Å². The Bertz CT molecular complexity index is 647. The van der Waals surface area contributed by atoms with Crippen molar-refractivity contribution in [2.75, 3.05) is 7.05 Å². The van der Waals surface area contributed by atoms with E-state index < -0.39 is 4.92 Å². The third kappa shape index (κ3) is 3.93. The predicted molar refractivity (Wildman–Crippen MR) is 81.6 cm³/mol. The summed E-state index contributed by atoms with van der Waals surface area (Å²) in [5.41, 5.74) is 1.65. The smallest absolute Gasteiger partial charge is 0.310 e. The molecule has 0 saturated heterocycles. The summed E-state index contributed by atoms with van der Waals surface area (Å²) in [5, 5.41) is 14.6. The number of nitrogens with zero attached hydrogens (tertiary/aromatic N) is 1. The molecule has 0 bridgehead atoms. The second kappa shape index (κ2) is 7.06. The van der Waals surface area contributed by atoms with Crippen LogP contribution in [0.1, 0.15) is 11.1 Å². The molecule has 0 saturated carbocycles. The molecule has 2 aromatic carbocycles. The minimum Gasteiger partial charge on any atom is -0.482 e. The zero-order valence-corrected chi connectivity index (χ0v) is 12.3. The first-order chi connectivity index (χ1) is 10.1. The van der Waals surface area contributed by atoms with E-state index in [2.05, 4.69) is 5.32 Å². The van der Waals surface area contributed by atoms with Crippen molar-refractivity contribution in [3.63, 3.8) is 0 Å². The van der Waals surface area contributed by atoms with Crippen LogP contribution in [-0.2, 0) is 13.2 Å². The van der Waals surface area contributed by atoms with Crippen LogP contribution in [0.5, 0.6) is 5.75 Å². The van der Waals surface area contributed by atoms with Crippen LogP contribution in [0, 0.1) is 10.1 Å². The van der Waals surface area contributed by atoms with Crippen LogP contribution >= 0.6 is 11.6 Å². The first-order valence-electron chi connectivity index (χ1n) is 6.40. The number of hydrogen-bond acceptors (Lipinski definition) is 4. The van der Waals surface area contributed by atoms with Gasteiger partial charge in [0.25, 0.3) is 0 Å². The van der Waals surface area contributed by atoms with E-state index in [1.54, 1.807) is 18.2 Å². The Labute approximate surface area is 127 Å². The summed E-state index contributed by atoms with van der Waals surface area (Å²) < 4.78 is 5.60. The molecule has 5 nitrogen and oxygen atoms in total. The van der Waals surface area contributed by atoms with Gasteiger partial charge in [0, 0.05) is 23.2 Å². The predicted octanol–water partition coefficient (Wildman–Crippen LogP) is 3.55. The minimum absolute atomic E-state index is 0.0538. The number of nitro benzene ring substituents is 1. The number of hydrogen-bond donors (Lipinski definition) is 1. The van der Waals surface area contributed by atoms with E-state index in [0.717, 1.165) is 11.1 Å². The van der Waals surface area contributed by atoms with E-state index in [0.29, 0.717) is 11.6 Å². The number of benzene rings is 2. The highest BCUT2D eigenvalue weighted by atomic mass is 35.5. The molecule has 0 amide bonds. The largest absolute Gasteiger partial charge is 0.482 e. The van der Waals surface area contributed by atoms with Gasteiger partial charge in [-0.1, -0.05) is 35.9 Å². The molecule has 2 aromatic rings. The molecule has 0 aromatic heterocycles. The first-order valence-corrected chi connectivity index (χ1v) is 6.77. The monoisotopic (exact) mass is 306 g/mol. The maximum absolute atomic E-state index is 11.1.